The fraction of sp³-hybridized carbons (Fsp3) is 0.784. The monoisotopic (exact) mass is 546 g/mol. The second kappa shape index (κ2) is 19.2. The van der Waals surface area contributed by atoms with Crippen LogP contribution in [0.4, 0.5) is 0 Å². The average molecular weight is 547 g/mol. The molecule has 3 rings (SSSR count). The Hall–Kier alpha value is -2.00. The highest BCUT2D eigenvalue weighted by Crippen LogP contribution is 2.36. The van der Waals surface area contributed by atoms with E-state index in [1.165, 1.54) is 122 Å². The van der Waals surface area contributed by atoms with E-state index in [-0.39, 0.29) is 0 Å². The summed E-state index contributed by atoms with van der Waals surface area (Å²) in [6.07, 6.45) is 29.1. The first kappa shape index (κ1) is 32.5. The summed E-state index contributed by atoms with van der Waals surface area (Å²) in [5.74, 6) is 4.08. The third kappa shape index (κ3) is 11.1. The van der Waals surface area contributed by atoms with Gasteiger partial charge in [-0.05, 0) is 61.0 Å². The average Bonchev–Trinajstić information content (AvgIpc) is 2.99. The summed E-state index contributed by atoms with van der Waals surface area (Å²) in [5, 5.41) is 19.8. The lowest BCUT2D eigenvalue weighted by Gasteiger charge is -2.28. The van der Waals surface area contributed by atoms with Crippen LogP contribution in [0.2, 0.25) is 0 Å². The van der Waals surface area contributed by atoms with Crippen LogP contribution in [0.3, 0.4) is 0 Å². The van der Waals surface area contributed by atoms with E-state index in [4.69, 9.17) is 4.74 Å². The normalized spacial score (nSPS) is 22.9. The Morgan fingerprint density at radius 3 is 1.62 bits per heavy atom. The van der Waals surface area contributed by atoms with E-state index in [0.717, 1.165) is 48.5 Å². The van der Waals surface area contributed by atoms with Gasteiger partial charge in [0.2, 0.25) is 0 Å². The molecule has 0 saturated heterocycles. The SMILES string of the molecule is CCCCCCC[C@H]1CC[C@H](CCCOc2ccc(CC[C@H]3CC[C@H](CCCCC)CC3)c(C#N)c2C#N)CC1. The summed E-state index contributed by atoms with van der Waals surface area (Å²) >= 11 is 0. The van der Waals surface area contributed by atoms with Crippen molar-refractivity contribution in [1.29, 1.82) is 10.5 Å². The van der Waals surface area contributed by atoms with Crippen molar-refractivity contribution in [2.45, 2.75) is 155 Å². The molecule has 2 aliphatic rings. The topological polar surface area (TPSA) is 56.8 Å². The van der Waals surface area contributed by atoms with Gasteiger partial charge in [0.1, 0.15) is 23.5 Å². The highest BCUT2D eigenvalue weighted by atomic mass is 16.5. The van der Waals surface area contributed by atoms with Crippen molar-refractivity contribution in [3.8, 4) is 17.9 Å². The number of ether oxygens (including phenoxy) is 1. The molecule has 0 aliphatic heterocycles. The summed E-state index contributed by atoms with van der Waals surface area (Å²) in [7, 11) is 0. The molecule has 3 nitrogen and oxygen atoms in total. The Labute approximate surface area is 247 Å². The van der Waals surface area contributed by atoms with Crippen molar-refractivity contribution in [3.05, 3.63) is 28.8 Å². The Balaban J connectivity index is 1.36. The highest BCUT2D eigenvalue weighted by molar-refractivity contribution is 5.57. The molecule has 0 heterocycles. The number of unbranched alkanes of at least 4 members (excludes halogenated alkanes) is 6. The second-order valence-electron chi connectivity index (χ2n) is 13.2. The van der Waals surface area contributed by atoms with Gasteiger partial charge in [0, 0.05) is 0 Å². The predicted molar refractivity (Wildman–Crippen MR) is 167 cm³/mol. The van der Waals surface area contributed by atoms with Crippen molar-refractivity contribution in [2.24, 2.45) is 23.7 Å². The second-order valence-corrected chi connectivity index (χ2v) is 13.2. The summed E-state index contributed by atoms with van der Waals surface area (Å²) < 4.78 is 6.10. The van der Waals surface area contributed by atoms with E-state index in [9.17, 15) is 10.5 Å². The van der Waals surface area contributed by atoms with E-state index in [2.05, 4.69) is 32.1 Å². The largest absolute Gasteiger partial charge is 0.492 e. The molecule has 1 aromatic rings. The maximum atomic E-state index is 9.93. The zero-order valence-electron chi connectivity index (χ0n) is 26.0. The fourth-order valence-corrected chi connectivity index (χ4v) is 7.45. The van der Waals surface area contributed by atoms with Gasteiger partial charge in [-0.25, -0.2) is 0 Å². The van der Waals surface area contributed by atoms with Crippen LogP contribution in [0, 0.1) is 46.3 Å². The maximum Gasteiger partial charge on any atom is 0.138 e. The molecule has 222 valence electrons. The minimum atomic E-state index is 0.444. The summed E-state index contributed by atoms with van der Waals surface area (Å²) in [6, 6.07) is 8.65. The van der Waals surface area contributed by atoms with Gasteiger partial charge >= 0.3 is 0 Å². The van der Waals surface area contributed by atoms with Crippen LogP contribution in [-0.4, -0.2) is 6.61 Å². The quantitative estimate of drug-likeness (QED) is 0.172. The number of benzene rings is 1. The van der Waals surface area contributed by atoms with Gasteiger partial charge in [0.25, 0.3) is 0 Å². The fourth-order valence-electron chi connectivity index (χ4n) is 7.45. The van der Waals surface area contributed by atoms with E-state index in [0.29, 0.717) is 23.5 Å². The zero-order valence-corrected chi connectivity index (χ0v) is 26.0. The molecule has 2 saturated carbocycles. The number of hydrogen-bond donors (Lipinski definition) is 0. The van der Waals surface area contributed by atoms with Gasteiger partial charge in [-0.1, -0.05) is 135 Å². The van der Waals surface area contributed by atoms with Gasteiger partial charge in [-0.15, -0.1) is 0 Å². The smallest absolute Gasteiger partial charge is 0.138 e. The van der Waals surface area contributed by atoms with Crippen molar-refractivity contribution >= 4 is 0 Å². The van der Waals surface area contributed by atoms with Crippen molar-refractivity contribution in [3.63, 3.8) is 0 Å². The van der Waals surface area contributed by atoms with Crippen molar-refractivity contribution in [2.75, 3.05) is 6.61 Å². The lowest BCUT2D eigenvalue weighted by molar-refractivity contribution is 0.227. The number of aryl methyl sites for hydroxylation is 1. The molecule has 0 N–H and O–H groups in total. The van der Waals surface area contributed by atoms with E-state index >= 15 is 0 Å². The molecular weight excluding hydrogens is 488 g/mol. The molecule has 3 heteroatoms. The van der Waals surface area contributed by atoms with Crippen LogP contribution in [-0.2, 0) is 6.42 Å². The van der Waals surface area contributed by atoms with Crippen LogP contribution in [0.25, 0.3) is 0 Å². The van der Waals surface area contributed by atoms with Crippen LogP contribution in [0.1, 0.15) is 165 Å². The molecule has 2 fully saturated rings. The summed E-state index contributed by atoms with van der Waals surface area (Å²) in [5.41, 5.74) is 2.01. The summed E-state index contributed by atoms with van der Waals surface area (Å²) in [6.45, 7) is 5.21. The molecule has 1 aromatic carbocycles. The lowest BCUT2D eigenvalue weighted by Crippen LogP contribution is -2.15. The molecular formula is C37H58N2O. The van der Waals surface area contributed by atoms with Crippen LogP contribution in [0.15, 0.2) is 12.1 Å². The van der Waals surface area contributed by atoms with Gasteiger partial charge in [0.15, 0.2) is 0 Å². The lowest BCUT2D eigenvalue weighted by atomic mass is 9.77. The van der Waals surface area contributed by atoms with Gasteiger partial charge in [0.05, 0.1) is 12.2 Å². The number of rotatable bonds is 18. The van der Waals surface area contributed by atoms with Gasteiger partial charge in [-0.2, -0.15) is 10.5 Å². The Bertz CT molecular complexity index is 909. The van der Waals surface area contributed by atoms with E-state index in [1.807, 2.05) is 6.07 Å². The zero-order chi connectivity index (χ0) is 28.4. The molecule has 2 aliphatic carbocycles. The molecule has 0 radical (unpaired) electrons. The molecule has 0 unspecified atom stereocenters. The molecule has 0 spiro atoms. The van der Waals surface area contributed by atoms with Crippen molar-refractivity contribution < 1.29 is 4.74 Å². The minimum Gasteiger partial charge on any atom is -0.492 e. The molecule has 0 amide bonds. The van der Waals surface area contributed by atoms with Crippen molar-refractivity contribution in [1.82, 2.24) is 0 Å². The first-order valence-corrected chi connectivity index (χ1v) is 17.3. The third-order valence-corrected chi connectivity index (χ3v) is 10.2. The first-order chi connectivity index (χ1) is 19.7. The van der Waals surface area contributed by atoms with Gasteiger partial charge < -0.3 is 4.74 Å². The predicted octanol–water partition coefficient (Wildman–Crippen LogP) is 11.1. The standard InChI is InChI=1S/C37H58N2O/c1-3-5-7-8-10-13-31-15-17-32(18-16-31)14-11-27-40-37-26-25-34(35(28-38)36(37)29-39)24-23-33-21-19-30(20-22-33)12-9-6-4-2/h25-26,30-33H,3-24,27H2,1-2H3/t30-,31-,32-,33-. The minimum absolute atomic E-state index is 0.444. The van der Waals surface area contributed by atoms with E-state index in [1.54, 1.807) is 0 Å². The first-order valence-electron chi connectivity index (χ1n) is 17.3. The molecule has 40 heavy (non-hydrogen) atoms. The Morgan fingerprint density at radius 2 is 1.07 bits per heavy atom. The van der Waals surface area contributed by atoms with Gasteiger partial charge in [-0.3, -0.25) is 0 Å². The maximum absolute atomic E-state index is 9.93. The van der Waals surface area contributed by atoms with E-state index < -0.39 is 0 Å². The van der Waals surface area contributed by atoms with Crippen LogP contribution >= 0.6 is 0 Å². The number of nitrogens with zero attached hydrogens (tertiary/aromatic N) is 2. The van der Waals surface area contributed by atoms with Crippen LogP contribution in [0.5, 0.6) is 5.75 Å². The Morgan fingerprint density at radius 1 is 0.600 bits per heavy atom. The van der Waals surface area contributed by atoms with Crippen LogP contribution < -0.4 is 4.74 Å². The number of hydrogen-bond acceptors (Lipinski definition) is 3. The highest BCUT2D eigenvalue weighted by Gasteiger charge is 2.23. The molecule has 0 atom stereocenters. The molecule has 0 bridgehead atoms. The Kier molecular flexibility index (Phi) is 15.6. The number of nitriles is 2. The molecule has 0 aromatic heterocycles. The summed E-state index contributed by atoms with van der Waals surface area (Å²) in [4.78, 5) is 0. The third-order valence-electron chi connectivity index (χ3n) is 10.2.